The molecule has 4 bridgehead atoms. The molecule has 5 aliphatic rings. The zero-order chi connectivity index (χ0) is 25.1. The van der Waals surface area contributed by atoms with Crippen LogP contribution in [0.1, 0.15) is 44.9 Å². The van der Waals surface area contributed by atoms with E-state index in [1.165, 1.54) is 20.7 Å². The van der Waals surface area contributed by atoms with Crippen molar-refractivity contribution in [3.8, 4) is 0 Å². The summed E-state index contributed by atoms with van der Waals surface area (Å²) in [6.07, 6.45) is 5.82. The second kappa shape index (κ2) is 9.25. The quantitative estimate of drug-likeness (QED) is 0.500. The first-order valence-corrected chi connectivity index (χ1v) is 15.0. The molecular formula is C23H29Br2FN4O4S. The maximum atomic E-state index is 13.7. The number of anilines is 1. The average molecular weight is 636 g/mol. The number of benzene rings is 1. The van der Waals surface area contributed by atoms with Crippen molar-refractivity contribution in [2.24, 2.45) is 28.9 Å². The molecule has 5 fully saturated rings. The lowest BCUT2D eigenvalue weighted by molar-refractivity contribution is -0.134. The molecule has 6 rings (SSSR count). The Hall–Kier alpha value is -1.24. The molecule has 192 valence electrons. The van der Waals surface area contributed by atoms with E-state index in [-0.39, 0.29) is 42.9 Å². The van der Waals surface area contributed by atoms with Crippen molar-refractivity contribution >= 4 is 59.6 Å². The topological polar surface area (TPSA) is 113 Å². The molecule has 8 nitrogen and oxygen atoms in total. The average Bonchev–Trinajstić information content (AvgIpc) is 2.71. The number of nitrogens with two attached hydrogens (primary N) is 1. The summed E-state index contributed by atoms with van der Waals surface area (Å²) in [6, 6.07) is 2.45. The molecule has 4 aliphatic carbocycles. The maximum Gasteiger partial charge on any atom is 0.304 e. The maximum absolute atomic E-state index is 13.7. The van der Waals surface area contributed by atoms with E-state index < -0.39 is 16.0 Å². The number of halogens is 3. The number of carbonyl (C=O) groups excluding carboxylic acids is 2. The standard InChI is InChI=1S/C23H29Br2FN4O4S/c24-17-6-16(26)7-18(25)22(17)30-3-1-2-29(35(30,33)34)12-20(32)28-21-14-4-13-5-15(21)10-23(8-13,9-14)11-19(27)31/h6-7,13-15,21H,1-5,8-12H2,(H2,27,31)(H,28,32). The zero-order valence-electron chi connectivity index (χ0n) is 19.2. The first-order chi connectivity index (χ1) is 16.5. The highest BCUT2D eigenvalue weighted by atomic mass is 79.9. The Bertz CT molecular complexity index is 1130. The fraction of sp³-hybridized carbons (Fsp3) is 0.652. The predicted molar refractivity (Wildman–Crippen MR) is 136 cm³/mol. The van der Waals surface area contributed by atoms with Crippen molar-refractivity contribution in [3.63, 3.8) is 0 Å². The summed E-state index contributed by atoms with van der Waals surface area (Å²) in [5, 5.41) is 3.15. The number of hydrogen-bond acceptors (Lipinski definition) is 4. The van der Waals surface area contributed by atoms with Gasteiger partial charge >= 0.3 is 10.2 Å². The zero-order valence-corrected chi connectivity index (χ0v) is 23.2. The van der Waals surface area contributed by atoms with Crippen LogP contribution < -0.4 is 15.4 Å². The lowest BCUT2D eigenvalue weighted by Gasteiger charge is -2.60. The van der Waals surface area contributed by atoms with Gasteiger partial charge in [-0.3, -0.25) is 13.9 Å². The van der Waals surface area contributed by atoms with Crippen LogP contribution in [0.2, 0.25) is 0 Å². The number of primary amides is 1. The van der Waals surface area contributed by atoms with Crippen LogP contribution in [0.25, 0.3) is 0 Å². The monoisotopic (exact) mass is 634 g/mol. The molecule has 1 heterocycles. The van der Waals surface area contributed by atoms with Crippen molar-refractivity contribution in [2.75, 3.05) is 23.9 Å². The number of carbonyl (C=O) groups is 2. The van der Waals surface area contributed by atoms with Crippen molar-refractivity contribution in [1.82, 2.24) is 9.62 Å². The fourth-order valence-electron chi connectivity index (χ4n) is 7.33. The molecule has 35 heavy (non-hydrogen) atoms. The Balaban J connectivity index is 1.28. The normalized spacial score (nSPS) is 33.6. The summed E-state index contributed by atoms with van der Waals surface area (Å²) in [5.41, 5.74) is 5.82. The van der Waals surface area contributed by atoms with Gasteiger partial charge in [-0.1, -0.05) is 0 Å². The van der Waals surface area contributed by atoms with E-state index in [1.54, 1.807) is 0 Å². The fourth-order valence-corrected chi connectivity index (χ4v) is 10.8. The van der Waals surface area contributed by atoms with Gasteiger partial charge in [-0.25, -0.2) is 4.39 Å². The molecule has 1 saturated heterocycles. The molecule has 3 N–H and O–H groups in total. The minimum atomic E-state index is -3.98. The largest absolute Gasteiger partial charge is 0.370 e. The molecular weight excluding hydrogens is 607 g/mol. The molecule has 0 aromatic heterocycles. The van der Waals surface area contributed by atoms with Gasteiger partial charge in [-0.2, -0.15) is 12.7 Å². The number of rotatable bonds is 6. The van der Waals surface area contributed by atoms with Crippen molar-refractivity contribution in [3.05, 3.63) is 26.9 Å². The predicted octanol–water partition coefficient (Wildman–Crippen LogP) is 3.29. The second-order valence-corrected chi connectivity index (χ2v) is 14.3. The van der Waals surface area contributed by atoms with E-state index >= 15 is 0 Å². The summed E-state index contributed by atoms with van der Waals surface area (Å²) in [6.45, 7) is 0.213. The van der Waals surface area contributed by atoms with Gasteiger partial charge in [0.05, 0.1) is 12.2 Å². The molecule has 0 spiro atoms. The molecule has 1 aliphatic heterocycles. The summed E-state index contributed by atoms with van der Waals surface area (Å²) in [5.74, 6) is 0.103. The van der Waals surface area contributed by atoms with E-state index in [2.05, 4.69) is 37.2 Å². The van der Waals surface area contributed by atoms with Gasteiger partial charge in [0.15, 0.2) is 0 Å². The number of nitrogens with zero attached hydrogens (tertiary/aromatic N) is 2. The molecule has 2 unspecified atom stereocenters. The Labute approximate surface area is 221 Å². The molecule has 0 radical (unpaired) electrons. The Morgan fingerprint density at radius 1 is 1.11 bits per heavy atom. The minimum absolute atomic E-state index is 0.00374. The molecule has 1 aromatic rings. The molecule has 2 atom stereocenters. The van der Waals surface area contributed by atoms with Crippen molar-refractivity contribution < 1.29 is 22.4 Å². The van der Waals surface area contributed by atoms with Crippen LogP contribution in [-0.4, -0.2) is 50.2 Å². The lowest BCUT2D eigenvalue weighted by atomic mass is 9.47. The van der Waals surface area contributed by atoms with Gasteiger partial charge < -0.3 is 11.1 Å². The molecule has 4 saturated carbocycles. The van der Waals surface area contributed by atoms with E-state index in [1.807, 2.05) is 0 Å². The molecule has 12 heteroatoms. The van der Waals surface area contributed by atoms with Gasteiger partial charge in [-0.15, -0.1) is 0 Å². The third-order valence-electron chi connectivity index (χ3n) is 8.20. The van der Waals surface area contributed by atoms with Crippen LogP contribution in [0.4, 0.5) is 10.1 Å². The molecule has 2 amide bonds. The van der Waals surface area contributed by atoms with Crippen LogP contribution in [0.5, 0.6) is 0 Å². The van der Waals surface area contributed by atoms with E-state index in [9.17, 15) is 22.4 Å². The van der Waals surface area contributed by atoms with Crippen LogP contribution in [0.3, 0.4) is 0 Å². The Morgan fingerprint density at radius 2 is 1.74 bits per heavy atom. The van der Waals surface area contributed by atoms with Crippen molar-refractivity contribution in [1.29, 1.82) is 0 Å². The summed E-state index contributed by atoms with van der Waals surface area (Å²) >= 11 is 6.55. The highest BCUT2D eigenvalue weighted by Gasteiger charge is 2.56. The number of hydrogen-bond donors (Lipinski definition) is 2. The van der Waals surface area contributed by atoms with Crippen molar-refractivity contribution in [2.45, 2.75) is 51.0 Å². The van der Waals surface area contributed by atoms with Crippen LogP contribution in [-0.2, 0) is 19.8 Å². The summed E-state index contributed by atoms with van der Waals surface area (Å²) < 4.78 is 43.6. The SMILES string of the molecule is NC(=O)CC12CC3CC(C1)C(NC(=O)CN1CCCN(c4c(Br)cc(F)cc4Br)S1(=O)=O)C(C3)C2. The second-order valence-electron chi connectivity index (χ2n) is 10.7. The van der Waals surface area contributed by atoms with E-state index in [0.717, 1.165) is 32.1 Å². The first-order valence-electron chi connectivity index (χ1n) is 12.0. The van der Waals surface area contributed by atoms with Gasteiger partial charge in [0.2, 0.25) is 11.8 Å². The third-order valence-corrected chi connectivity index (χ3v) is 11.3. The highest BCUT2D eigenvalue weighted by Crippen LogP contribution is 2.61. The van der Waals surface area contributed by atoms with Crippen LogP contribution in [0, 0.1) is 29.0 Å². The number of nitrogens with one attached hydrogen (secondary N) is 1. The summed E-state index contributed by atoms with van der Waals surface area (Å²) in [4.78, 5) is 24.8. The van der Waals surface area contributed by atoms with E-state index in [0.29, 0.717) is 45.2 Å². The van der Waals surface area contributed by atoms with Gasteiger partial charge in [0.25, 0.3) is 0 Å². The van der Waals surface area contributed by atoms with Gasteiger partial charge in [0.1, 0.15) is 5.82 Å². The Morgan fingerprint density at radius 3 is 2.34 bits per heavy atom. The first kappa shape index (κ1) is 25.4. The van der Waals surface area contributed by atoms with Gasteiger partial charge in [0, 0.05) is 34.5 Å². The smallest absolute Gasteiger partial charge is 0.304 e. The number of amides is 2. The highest BCUT2D eigenvalue weighted by molar-refractivity contribution is 9.11. The lowest BCUT2D eigenvalue weighted by Crippen LogP contribution is -2.61. The summed E-state index contributed by atoms with van der Waals surface area (Å²) in [7, 11) is -3.98. The van der Waals surface area contributed by atoms with Crippen LogP contribution >= 0.6 is 31.9 Å². The van der Waals surface area contributed by atoms with E-state index in [4.69, 9.17) is 5.73 Å². The van der Waals surface area contributed by atoms with Crippen LogP contribution in [0.15, 0.2) is 21.1 Å². The van der Waals surface area contributed by atoms with Gasteiger partial charge in [-0.05, 0) is 106 Å². The third kappa shape index (κ3) is 4.75. The minimum Gasteiger partial charge on any atom is -0.370 e. The Kier molecular flexibility index (Phi) is 6.72. The molecule has 1 aromatic carbocycles.